The van der Waals surface area contributed by atoms with E-state index in [2.05, 4.69) is 86.1 Å². The van der Waals surface area contributed by atoms with Crippen molar-refractivity contribution in [2.24, 2.45) is 0 Å². The van der Waals surface area contributed by atoms with Crippen molar-refractivity contribution in [3.8, 4) is 0 Å². The molecule has 7 heteroatoms. The molecule has 0 spiro atoms. The summed E-state index contributed by atoms with van der Waals surface area (Å²) in [5.74, 6) is 0. The van der Waals surface area contributed by atoms with Crippen LogP contribution in [0.15, 0.2) is 60.9 Å². The molecule has 2 aromatic carbocycles. The number of hydrogen-bond donors (Lipinski definition) is 0. The molecular weight excluding hydrogens is 404 g/mol. The minimum absolute atomic E-state index is 0.369. The molecule has 1 unspecified atom stereocenters. The largest absolute Gasteiger partial charge is 0.371 e. The Labute approximate surface area is 188 Å². The highest BCUT2D eigenvalue weighted by atomic mass is 32.2. The Morgan fingerprint density at radius 2 is 1.71 bits per heavy atom. The molecule has 0 saturated carbocycles. The first-order valence-corrected chi connectivity index (χ1v) is 12.1. The third kappa shape index (κ3) is 4.77. The minimum atomic E-state index is 0.369. The lowest BCUT2D eigenvalue weighted by Gasteiger charge is -2.37. The van der Waals surface area contributed by atoms with Crippen molar-refractivity contribution >= 4 is 17.6 Å². The van der Waals surface area contributed by atoms with Gasteiger partial charge in [-0.1, -0.05) is 54.4 Å². The minimum Gasteiger partial charge on any atom is -0.371 e. The van der Waals surface area contributed by atoms with Crippen LogP contribution in [0.25, 0.3) is 0 Å². The van der Waals surface area contributed by atoms with Gasteiger partial charge in [-0.25, -0.2) is 4.31 Å². The lowest BCUT2D eigenvalue weighted by atomic mass is 10.0. The van der Waals surface area contributed by atoms with E-state index in [-0.39, 0.29) is 0 Å². The second kappa shape index (κ2) is 9.40. The first-order valence-electron chi connectivity index (χ1n) is 11.3. The third-order valence-corrected chi connectivity index (χ3v) is 8.09. The maximum atomic E-state index is 4.20. The van der Waals surface area contributed by atoms with Crippen LogP contribution in [0, 0.1) is 0 Å². The summed E-state index contributed by atoms with van der Waals surface area (Å²) < 4.78 is 2.58. The quantitative estimate of drug-likeness (QED) is 0.533. The number of rotatable bonds is 5. The van der Waals surface area contributed by atoms with E-state index >= 15 is 0 Å². The molecule has 0 radical (unpaired) electrons. The molecule has 5 rings (SSSR count). The van der Waals surface area contributed by atoms with Crippen molar-refractivity contribution in [1.82, 2.24) is 24.5 Å². The summed E-state index contributed by atoms with van der Waals surface area (Å²) >= 11 is 2.02. The number of benzene rings is 2. The van der Waals surface area contributed by atoms with Crippen molar-refractivity contribution in [2.45, 2.75) is 56.5 Å². The van der Waals surface area contributed by atoms with E-state index in [0.717, 1.165) is 32.5 Å². The molecule has 3 aromatic rings. The maximum Gasteiger partial charge on any atom is 0.162 e. The van der Waals surface area contributed by atoms with E-state index in [1.807, 2.05) is 11.9 Å². The Morgan fingerprint density at radius 3 is 2.42 bits per heavy atom. The summed E-state index contributed by atoms with van der Waals surface area (Å²) in [4.78, 5) is 4.24. The zero-order valence-electron chi connectivity index (χ0n) is 18.0. The van der Waals surface area contributed by atoms with Gasteiger partial charge in [0.1, 0.15) is 0 Å². The van der Waals surface area contributed by atoms with E-state index < -0.39 is 0 Å². The smallest absolute Gasteiger partial charge is 0.162 e. The molecule has 31 heavy (non-hydrogen) atoms. The Balaban J connectivity index is 1.18. The van der Waals surface area contributed by atoms with Crippen molar-refractivity contribution in [2.75, 3.05) is 18.0 Å². The normalized spacial score (nSPS) is 23.2. The van der Waals surface area contributed by atoms with Crippen LogP contribution in [0.2, 0.25) is 0 Å². The van der Waals surface area contributed by atoms with Gasteiger partial charge in [-0.15, -0.1) is 10.2 Å². The fourth-order valence-corrected chi connectivity index (χ4v) is 6.02. The van der Waals surface area contributed by atoms with Crippen LogP contribution in [0.1, 0.15) is 55.0 Å². The third-order valence-electron chi connectivity index (χ3n) is 6.57. The molecule has 0 aliphatic carbocycles. The Kier molecular flexibility index (Phi) is 6.22. The van der Waals surface area contributed by atoms with E-state index in [1.165, 1.54) is 36.0 Å². The van der Waals surface area contributed by atoms with Crippen molar-refractivity contribution in [3.63, 3.8) is 0 Å². The van der Waals surface area contributed by atoms with E-state index in [9.17, 15) is 0 Å². The van der Waals surface area contributed by atoms with Crippen LogP contribution >= 0.6 is 11.9 Å². The zero-order chi connectivity index (χ0) is 21.0. The van der Waals surface area contributed by atoms with Crippen LogP contribution < -0.4 is 4.90 Å². The molecule has 2 aliphatic rings. The highest BCUT2D eigenvalue weighted by Gasteiger charge is 2.27. The van der Waals surface area contributed by atoms with Gasteiger partial charge in [0.25, 0.3) is 0 Å². The van der Waals surface area contributed by atoms with Crippen LogP contribution in [0.3, 0.4) is 0 Å². The SMILES string of the molecule is C[C@H]1CCC(c2ccccc2)SN1Cc1ccc(N2CCC(n3ncnn3)CC2)cc1. The first-order chi connectivity index (χ1) is 15.3. The highest BCUT2D eigenvalue weighted by molar-refractivity contribution is 7.97. The number of nitrogens with zero attached hydrogens (tertiary/aromatic N) is 6. The van der Waals surface area contributed by atoms with Crippen LogP contribution in [-0.4, -0.2) is 43.6 Å². The van der Waals surface area contributed by atoms with E-state index in [0.29, 0.717) is 17.3 Å². The van der Waals surface area contributed by atoms with Gasteiger partial charge in [-0.2, -0.15) is 4.80 Å². The molecule has 0 N–H and O–H groups in total. The number of tetrazole rings is 1. The molecule has 162 valence electrons. The van der Waals surface area contributed by atoms with Crippen LogP contribution in [0.4, 0.5) is 5.69 Å². The van der Waals surface area contributed by atoms with Gasteiger partial charge in [-0.05, 0) is 61.1 Å². The van der Waals surface area contributed by atoms with Crippen molar-refractivity contribution in [3.05, 3.63) is 72.1 Å². The summed E-state index contributed by atoms with van der Waals surface area (Å²) in [5, 5.41) is 12.7. The fourth-order valence-electron chi connectivity index (χ4n) is 4.63. The van der Waals surface area contributed by atoms with Gasteiger partial charge in [-0.3, -0.25) is 0 Å². The Bertz CT molecular complexity index is 938. The maximum absolute atomic E-state index is 4.20. The van der Waals surface area contributed by atoms with Crippen LogP contribution in [0.5, 0.6) is 0 Å². The monoisotopic (exact) mass is 434 g/mol. The zero-order valence-corrected chi connectivity index (χ0v) is 18.9. The molecular formula is C24H30N6S. The second-order valence-electron chi connectivity index (χ2n) is 8.65. The lowest BCUT2D eigenvalue weighted by Crippen LogP contribution is -2.35. The van der Waals surface area contributed by atoms with E-state index in [4.69, 9.17) is 0 Å². The molecule has 0 bridgehead atoms. The van der Waals surface area contributed by atoms with Gasteiger partial charge in [0, 0.05) is 36.6 Å². The molecule has 2 aliphatic heterocycles. The van der Waals surface area contributed by atoms with Gasteiger partial charge in [0.15, 0.2) is 6.33 Å². The molecule has 6 nitrogen and oxygen atoms in total. The molecule has 2 saturated heterocycles. The number of piperidine rings is 1. The second-order valence-corrected chi connectivity index (χ2v) is 9.90. The number of aromatic nitrogens is 4. The topological polar surface area (TPSA) is 50.1 Å². The summed E-state index contributed by atoms with van der Waals surface area (Å²) in [7, 11) is 0. The van der Waals surface area contributed by atoms with Crippen molar-refractivity contribution < 1.29 is 0 Å². The number of anilines is 1. The fraction of sp³-hybridized carbons (Fsp3) is 0.458. The Morgan fingerprint density at radius 1 is 0.935 bits per heavy atom. The summed E-state index contributed by atoms with van der Waals surface area (Å²) in [5.41, 5.74) is 4.15. The van der Waals surface area contributed by atoms with Crippen molar-refractivity contribution in [1.29, 1.82) is 0 Å². The highest BCUT2D eigenvalue weighted by Crippen LogP contribution is 2.43. The molecule has 1 aromatic heterocycles. The molecule has 2 atom stereocenters. The molecule has 0 amide bonds. The van der Waals surface area contributed by atoms with Gasteiger partial charge >= 0.3 is 0 Å². The Hall–Kier alpha value is -2.38. The standard InChI is InChI=1S/C24H30N6S/c1-19-7-12-24(21-5-3-2-4-6-21)31-29(19)17-20-8-10-22(11-9-20)28-15-13-23(14-16-28)30-26-18-25-27-30/h2-6,8-11,18-19,23-24H,7,12-17H2,1H3/t19-,24?/m0/s1. The van der Waals surface area contributed by atoms with Gasteiger partial charge in [0.05, 0.1) is 6.04 Å². The average molecular weight is 435 g/mol. The van der Waals surface area contributed by atoms with Crippen LogP contribution in [-0.2, 0) is 6.54 Å². The number of hydrogen-bond acceptors (Lipinski definition) is 6. The average Bonchev–Trinajstić information content (AvgIpc) is 3.37. The summed E-state index contributed by atoms with van der Waals surface area (Å²) in [6, 6.07) is 21.1. The molecule has 2 fully saturated rings. The summed E-state index contributed by atoms with van der Waals surface area (Å²) in [6.07, 6.45) is 6.14. The predicted molar refractivity (Wildman–Crippen MR) is 126 cm³/mol. The van der Waals surface area contributed by atoms with Gasteiger partial charge < -0.3 is 4.90 Å². The lowest BCUT2D eigenvalue weighted by molar-refractivity contribution is 0.321. The first kappa shape index (κ1) is 20.5. The molecule has 3 heterocycles. The van der Waals surface area contributed by atoms with Gasteiger partial charge in [0.2, 0.25) is 0 Å². The predicted octanol–water partition coefficient (Wildman–Crippen LogP) is 4.89. The summed E-state index contributed by atoms with van der Waals surface area (Å²) in [6.45, 7) is 5.42. The van der Waals surface area contributed by atoms with E-state index in [1.54, 1.807) is 4.80 Å².